The summed E-state index contributed by atoms with van der Waals surface area (Å²) in [5.74, 6) is 1.23. The number of rotatable bonds is 12. The summed E-state index contributed by atoms with van der Waals surface area (Å²) in [5, 5.41) is 15.9. The molecule has 4 rings (SSSR count). The summed E-state index contributed by atoms with van der Waals surface area (Å²) in [5.41, 5.74) is 2.85. The molecule has 0 unspecified atom stereocenters. The van der Waals surface area contributed by atoms with Crippen molar-refractivity contribution in [3.63, 3.8) is 0 Å². The lowest BCUT2D eigenvalue weighted by Gasteiger charge is -2.25. The summed E-state index contributed by atoms with van der Waals surface area (Å²) < 4.78 is 13.5. The van der Waals surface area contributed by atoms with Gasteiger partial charge in [-0.25, -0.2) is 4.68 Å². The van der Waals surface area contributed by atoms with Crippen LogP contribution in [0.25, 0.3) is 11.3 Å². The number of para-hydroxylation sites is 1. The predicted molar refractivity (Wildman–Crippen MR) is 131 cm³/mol. The summed E-state index contributed by atoms with van der Waals surface area (Å²) in [6.45, 7) is 5.46. The number of aryl methyl sites for hydroxylation is 1. The van der Waals surface area contributed by atoms with Gasteiger partial charge in [-0.2, -0.15) is 5.10 Å². The van der Waals surface area contributed by atoms with Crippen molar-refractivity contribution in [2.45, 2.75) is 31.5 Å². The fraction of sp³-hybridized carbons (Fsp3) is 0.346. The highest BCUT2D eigenvalue weighted by molar-refractivity contribution is 6.32. The maximum atomic E-state index is 10.6. The van der Waals surface area contributed by atoms with Crippen LogP contribution in [0.15, 0.2) is 67.3 Å². The third-order valence-electron chi connectivity index (χ3n) is 5.59. The zero-order chi connectivity index (χ0) is 23.2. The van der Waals surface area contributed by atoms with Crippen LogP contribution in [0.2, 0.25) is 5.02 Å². The Kier molecular flexibility index (Phi) is 7.83. The van der Waals surface area contributed by atoms with Crippen molar-refractivity contribution in [1.29, 1.82) is 0 Å². The molecule has 1 aromatic heterocycles. The van der Waals surface area contributed by atoms with Gasteiger partial charge in [0.15, 0.2) is 0 Å². The van der Waals surface area contributed by atoms with E-state index in [9.17, 15) is 5.11 Å². The first-order valence-corrected chi connectivity index (χ1v) is 11.6. The molecule has 1 fully saturated rings. The lowest BCUT2D eigenvalue weighted by Crippen LogP contribution is -2.36. The van der Waals surface area contributed by atoms with E-state index in [1.165, 1.54) is 0 Å². The van der Waals surface area contributed by atoms with Crippen molar-refractivity contribution < 1.29 is 14.6 Å². The third-order valence-corrected chi connectivity index (χ3v) is 5.91. The Labute approximate surface area is 200 Å². The molecule has 33 heavy (non-hydrogen) atoms. The summed E-state index contributed by atoms with van der Waals surface area (Å²) in [7, 11) is 1.88. The van der Waals surface area contributed by atoms with Gasteiger partial charge in [-0.3, -0.25) is 4.90 Å². The van der Waals surface area contributed by atoms with Gasteiger partial charge in [0.05, 0.1) is 29.9 Å². The topological polar surface area (TPSA) is 59.8 Å². The van der Waals surface area contributed by atoms with E-state index in [0.29, 0.717) is 42.4 Å². The smallest absolute Gasteiger partial charge is 0.222 e. The number of hydrogen-bond donors (Lipinski definition) is 1. The van der Waals surface area contributed by atoms with E-state index in [2.05, 4.69) is 11.5 Å². The molecule has 174 valence electrons. The second kappa shape index (κ2) is 11.0. The van der Waals surface area contributed by atoms with Crippen LogP contribution in [0.1, 0.15) is 18.4 Å². The van der Waals surface area contributed by atoms with E-state index in [-0.39, 0.29) is 6.61 Å². The van der Waals surface area contributed by atoms with Gasteiger partial charge >= 0.3 is 0 Å². The quantitative estimate of drug-likeness (QED) is 0.298. The van der Waals surface area contributed by atoms with Gasteiger partial charge in [-0.1, -0.05) is 60.1 Å². The van der Waals surface area contributed by atoms with Crippen LogP contribution in [0.4, 0.5) is 0 Å². The van der Waals surface area contributed by atoms with Crippen molar-refractivity contribution in [2.75, 3.05) is 19.8 Å². The molecule has 6 nitrogen and oxygen atoms in total. The van der Waals surface area contributed by atoms with Crippen LogP contribution >= 0.6 is 11.6 Å². The zero-order valence-corrected chi connectivity index (χ0v) is 19.6. The second-order valence-electron chi connectivity index (χ2n) is 8.30. The molecule has 0 amide bonds. The Hall–Kier alpha value is -2.64. The van der Waals surface area contributed by atoms with Crippen LogP contribution in [-0.2, 0) is 18.3 Å². The van der Waals surface area contributed by atoms with E-state index in [1.54, 1.807) is 16.8 Å². The lowest BCUT2D eigenvalue weighted by atomic mass is 10.1. The van der Waals surface area contributed by atoms with Gasteiger partial charge in [-0.05, 0) is 25.0 Å². The minimum Gasteiger partial charge on any atom is -0.437 e. The average Bonchev–Trinajstić information content (AvgIpc) is 3.62. The highest BCUT2D eigenvalue weighted by Crippen LogP contribution is 2.38. The molecule has 0 spiro atoms. The molecule has 3 aromatic rings. The largest absolute Gasteiger partial charge is 0.437 e. The van der Waals surface area contributed by atoms with Gasteiger partial charge in [0, 0.05) is 31.7 Å². The van der Waals surface area contributed by atoms with E-state index in [0.717, 1.165) is 29.7 Å². The summed E-state index contributed by atoms with van der Waals surface area (Å²) >= 11 is 6.38. The molecule has 0 bridgehead atoms. The molecule has 1 heterocycles. The van der Waals surface area contributed by atoms with Gasteiger partial charge in [0.1, 0.15) is 11.4 Å². The first kappa shape index (κ1) is 23.5. The first-order valence-electron chi connectivity index (χ1n) is 11.2. The third kappa shape index (κ3) is 6.03. The van der Waals surface area contributed by atoms with E-state index < -0.39 is 6.10 Å². The van der Waals surface area contributed by atoms with Crippen molar-refractivity contribution in [1.82, 2.24) is 14.7 Å². The standard InChI is InChI=1S/C26H30ClN3O3/c1-3-15-32-18-21(31)16-30(20-13-14-20)17-22-25(19-9-5-4-6-10-19)28-29(2)26(22)33-24-12-8-7-11-23(24)27/h3-12,20-21,31H,1,13-18H2,2H3/t21-/m0/s1. The van der Waals surface area contributed by atoms with Crippen LogP contribution in [0.3, 0.4) is 0 Å². The molecule has 1 aliphatic carbocycles. The average molecular weight is 468 g/mol. The monoisotopic (exact) mass is 467 g/mol. The fourth-order valence-corrected chi connectivity index (χ4v) is 4.05. The highest BCUT2D eigenvalue weighted by Gasteiger charge is 2.33. The van der Waals surface area contributed by atoms with Gasteiger partial charge < -0.3 is 14.6 Å². The van der Waals surface area contributed by atoms with Gasteiger partial charge in [0.25, 0.3) is 0 Å². The lowest BCUT2D eigenvalue weighted by molar-refractivity contribution is 0.0227. The number of aliphatic hydroxyl groups is 1. The van der Waals surface area contributed by atoms with Gasteiger partial charge in [-0.15, -0.1) is 6.58 Å². The van der Waals surface area contributed by atoms with E-state index in [1.807, 2.05) is 55.6 Å². The number of benzene rings is 2. The van der Waals surface area contributed by atoms with Crippen LogP contribution in [0, 0.1) is 0 Å². The highest BCUT2D eigenvalue weighted by atomic mass is 35.5. The Morgan fingerprint density at radius 2 is 1.94 bits per heavy atom. The molecule has 1 atom stereocenters. The summed E-state index contributed by atoms with van der Waals surface area (Å²) in [6, 6.07) is 17.9. The van der Waals surface area contributed by atoms with Crippen molar-refractivity contribution in [3.05, 3.63) is 77.8 Å². The molecule has 0 aliphatic heterocycles. The van der Waals surface area contributed by atoms with E-state index in [4.69, 9.17) is 26.2 Å². The summed E-state index contributed by atoms with van der Waals surface area (Å²) in [4.78, 5) is 2.30. The fourth-order valence-electron chi connectivity index (χ4n) is 3.88. The summed E-state index contributed by atoms with van der Waals surface area (Å²) in [6.07, 6.45) is 3.32. The van der Waals surface area contributed by atoms with Crippen molar-refractivity contribution in [3.8, 4) is 22.9 Å². The predicted octanol–water partition coefficient (Wildman–Crippen LogP) is 5.06. The molecular weight excluding hydrogens is 438 g/mol. The Bertz CT molecular complexity index is 1070. The molecule has 1 aliphatic rings. The molecule has 1 saturated carbocycles. The molecule has 2 aromatic carbocycles. The Balaban J connectivity index is 1.65. The van der Waals surface area contributed by atoms with Crippen LogP contribution < -0.4 is 4.74 Å². The number of hydrogen-bond acceptors (Lipinski definition) is 5. The van der Waals surface area contributed by atoms with Gasteiger partial charge in [0.2, 0.25) is 5.88 Å². The Morgan fingerprint density at radius 3 is 2.64 bits per heavy atom. The first-order chi connectivity index (χ1) is 16.1. The van der Waals surface area contributed by atoms with Crippen molar-refractivity contribution in [2.24, 2.45) is 7.05 Å². The van der Waals surface area contributed by atoms with Crippen molar-refractivity contribution >= 4 is 11.6 Å². The van der Waals surface area contributed by atoms with Crippen LogP contribution in [0.5, 0.6) is 11.6 Å². The second-order valence-corrected chi connectivity index (χ2v) is 8.70. The maximum absolute atomic E-state index is 10.6. The SMILES string of the molecule is C=CCOC[C@@H](O)CN(Cc1c(-c2ccccc2)nn(C)c1Oc1ccccc1Cl)C1CC1. The number of halogens is 1. The Morgan fingerprint density at radius 1 is 1.21 bits per heavy atom. The molecular formula is C26H30ClN3O3. The number of nitrogens with zero attached hydrogens (tertiary/aromatic N) is 3. The maximum Gasteiger partial charge on any atom is 0.222 e. The molecule has 7 heteroatoms. The zero-order valence-electron chi connectivity index (χ0n) is 18.9. The number of aliphatic hydroxyl groups excluding tert-OH is 1. The van der Waals surface area contributed by atoms with E-state index >= 15 is 0 Å². The molecule has 0 radical (unpaired) electrons. The molecule has 0 saturated heterocycles. The van der Waals surface area contributed by atoms with Crippen LogP contribution in [-0.4, -0.2) is 51.7 Å². The minimum atomic E-state index is -0.588. The number of ether oxygens (including phenoxy) is 2. The number of aromatic nitrogens is 2. The minimum absolute atomic E-state index is 0.275. The molecule has 1 N–H and O–H groups in total. The normalized spacial score (nSPS) is 14.4.